The quantitative estimate of drug-likeness (QED) is 0.464. The first kappa shape index (κ1) is 19.8. The Morgan fingerprint density at radius 1 is 1.26 bits per heavy atom. The summed E-state index contributed by atoms with van der Waals surface area (Å²) in [6.07, 6.45) is 8.08. The van der Waals surface area contributed by atoms with Gasteiger partial charge in [-0.1, -0.05) is 0 Å². The molecule has 0 spiro atoms. The zero-order chi connectivity index (χ0) is 22.0. The van der Waals surface area contributed by atoms with Gasteiger partial charge in [0.15, 0.2) is 0 Å². The first-order valence-electron chi connectivity index (χ1n) is 9.43. The zero-order valence-electron chi connectivity index (χ0n) is 16.9. The van der Waals surface area contributed by atoms with Crippen molar-refractivity contribution in [3.8, 4) is 17.3 Å². The van der Waals surface area contributed by atoms with Crippen molar-refractivity contribution in [1.82, 2.24) is 24.7 Å². The van der Waals surface area contributed by atoms with E-state index in [0.29, 0.717) is 28.4 Å². The minimum absolute atomic E-state index is 0.346. The lowest BCUT2D eigenvalue weighted by molar-refractivity contribution is 0.262. The van der Waals surface area contributed by atoms with Crippen LogP contribution in [-0.2, 0) is 0 Å². The third kappa shape index (κ3) is 4.11. The molecule has 31 heavy (non-hydrogen) atoms. The van der Waals surface area contributed by atoms with E-state index in [1.807, 2.05) is 19.1 Å². The number of fused-ring (bicyclic) bond motifs is 1. The molecule has 0 aromatic carbocycles. The highest BCUT2D eigenvalue weighted by molar-refractivity contribution is 6.01. The van der Waals surface area contributed by atoms with Crippen LogP contribution >= 0.6 is 0 Å². The molecule has 154 valence electrons. The summed E-state index contributed by atoms with van der Waals surface area (Å²) in [5, 5.41) is 19.8. The number of nitrogens with two attached hydrogens (primary N) is 1. The van der Waals surface area contributed by atoms with Crippen molar-refractivity contribution in [2.75, 3.05) is 16.4 Å². The number of pyridine rings is 3. The number of urea groups is 1. The predicted octanol–water partition coefficient (Wildman–Crippen LogP) is 3.51. The summed E-state index contributed by atoms with van der Waals surface area (Å²) < 4.78 is 1.46. The number of carbonyl (C=O) groups is 1. The predicted molar refractivity (Wildman–Crippen MR) is 117 cm³/mol. The third-order valence-electron chi connectivity index (χ3n) is 4.74. The van der Waals surface area contributed by atoms with Crippen molar-refractivity contribution < 1.29 is 4.79 Å². The second-order valence-corrected chi connectivity index (χ2v) is 6.97. The average molecular weight is 413 g/mol. The normalized spacial score (nSPS) is 11.6. The molecule has 0 aliphatic carbocycles. The Labute approximate surface area is 177 Å². The van der Waals surface area contributed by atoms with Gasteiger partial charge < -0.3 is 11.1 Å². The van der Waals surface area contributed by atoms with Crippen LogP contribution in [0.2, 0.25) is 0 Å². The van der Waals surface area contributed by atoms with Crippen LogP contribution in [0.25, 0.3) is 22.0 Å². The molecule has 0 fully saturated rings. The van der Waals surface area contributed by atoms with Gasteiger partial charge in [0.1, 0.15) is 17.7 Å². The third-order valence-corrected chi connectivity index (χ3v) is 4.74. The average Bonchev–Trinajstić information content (AvgIpc) is 3.21. The smallest absolute Gasteiger partial charge is 0.324 e. The lowest BCUT2D eigenvalue weighted by Gasteiger charge is -2.10. The fourth-order valence-corrected chi connectivity index (χ4v) is 3.06. The van der Waals surface area contributed by atoms with Gasteiger partial charge in [0.05, 0.1) is 29.8 Å². The van der Waals surface area contributed by atoms with Crippen LogP contribution in [0.5, 0.6) is 0 Å². The number of hydrogen-bond donors (Lipinski definition) is 3. The molecule has 4 rings (SSSR count). The summed E-state index contributed by atoms with van der Waals surface area (Å²) in [6.45, 7) is 3.68. The van der Waals surface area contributed by atoms with E-state index in [1.165, 1.54) is 10.9 Å². The summed E-state index contributed by atoms with van der Waals surface area (Å²) in [6, 6.07) is 6.67. The Kier molecular flexibility index (Phi) is 5.15. The number of carbonyl (C=O) groups excluding carboxylic acids is 1. The number of aryl methyl sites for hydroxylation is 1. The molecule has 10 nitrogen and oxygen atoms in total. The Bertz CT molecular complexity index is 1320. The maximum absolute atomic E-state index is 12.4. The molecule has 4 N–H and O–H groups in total. The second-order valence-electron chi connectivity index (χ2n) is 6.97. The maximum Gasteiger partial charge on any atom is 0.324 e. The van der Waals surface area contributed by atoms with E-state index in [9.17, 15) is 4.79 Å². The van der Waals surface area contributed by atoms with Gasteiger partial charge in [-0.25, -0.2) is 14.8 Å². The van der Waals surface area contributed by atoms with Crippen LogP contribution in [0.15, 0.2) is 49.2 Å². The Balaban J connectivity index is 1.57. The highest BCUT2D eigenvalue weighted by atomic mass is 16.2. The number of nitrogens with zero attached hydrogens (tertiary/aromatic N) is 6. The fraction of sp³-hybridized carbons (Fsp3) is 0.143. The minimum Gasteiger partial charge on any atom is -0.383 e. The van der Waals surface area contributed by atoms with E-state index in [2.05, 4.69) is 36.8 Å². The van der Waals surface area contributed by atoms with E-state index in [-0.39, 0.29) is 0 Å². The first-order chi connectivity index (χ1) is 14.9. The molecule has 0 saturated carbocycles. The molecular weight excluding hydrogens is 394 g/mol. The molecule has 1 unspecified atom stereocenters. The molecule has 0 aliphatic rings. The largest absolute Gasteiger partial charge is 0.383 e. The summed E-state index contributed by atoms with van der Waals surface area (Å²) in [5.74, 6) is 0.695. The summed E-state index contributed by atoms with van der Waals surface area (Å²) in [7, 11) is 0. The number of nitriles is 1. The summed E-state index contributed by atoms with van der Waals surface area (Å²) >= 11 is 0. The van der Waals surface area contributed by atoms with Gasteiger partial charge in [-0.3, -0.25) is 15.0 Å². The number of aromatic nitrogens is 5. The first-order valence-corrected chi connectivity index (χ1v) is 9.43. The minimum atomic E-state index is -0.485. The number of nitrogens with one attached hydrogen (secondary N) is 2. The molecule has 0 aliphatic heterocycles. The van der Waals surface area contributed by atoms with E-state index in [1.54, 1.807) is 37.8 Å². The molecule has 4 aromatic rings. The van der Waals surface area contributed by atoms with E-state index >= 15 is 0 Å². The number of nitrogen functional groups attached to an aromatic ring is 1. The van der Waals surface area contributed by atoms with Crippen molar-refractivity contribution in [3.05, 3.63) is 54.7 Å². The van der Waals surface area contributed by atoms with E-state index < -0.39 is 12.1 Å². The Morgan fingerprint density at radius 3 is 2.87 bits per heavy atom. The number of hydrogen-bond acceptors (Lipinski definition) is 7. The van der Waals surface area contributed by atoms with Crippen LogP contribution in [-0.4, -0.2) is 30.8 Å². The highest BCUT2D eigenvalue weighted by Crippen LogP contribution is 2.28. The van der Waals surface area contributed by atoms with Crippen LogP contribution < -0.4 is 16.4 Å². The highest BCUT2D eigenvalue weighted by Gasteiger charge is 2.12. The molecule has 0 bridgehead atoms. The SMILES string of the molecule is Cc1ccncc1-c1cc2cc(NC(=O)Nc3cnn(C(C)C#N)c3)ncc2c(N)n1. The number of rotatable bonds is 4. The van der Waals surface area contributed by atoms with Crippen molar-refractivity contribution in [2.45, 2.75) is 19.9 Å². The molecule has 0 radical (unpaired) electrons. The van der Waals surface area contributed by atoms with Crippen molar-refractivity contribution in [3.63, 3.8) is 0 Å². The van der Waals surface area contributed by atoms with Crippen LogP contribution in [0.4, 0.5) is 22.1 Å². The fourth-order valence-electron chi connectivity index (χ4n) is 3.06. The molecular formula is C21H19N9O. The second kappa shape index (κ2) is 8.08. The van der Waals surface area contributed by atoms with Gasteiger partial charge in [-0.2, -0.15) is 10.4 Å². The standard InChI is InChI=1S/C21H19N9O/c1-12-3-4-24-9-16(12)18-5-14-6-19(25-10-17(14)20(23)28-18)29-21(31)27-15-8-26-30(11-15)13(2)7-22/h3-6,8-11,13H,1-2H3,(H2,23,28)(H2,25,27,29,31). The molecule has 1 atom stereocenters. The molecule has 4 heterocycles. The van der Waals surface area contributed by atoms with Crippen molar-refractivity contribution in [2.24, 2.45) is 0 Å². The molecule has 10 heteroatoms. The Morgan fingerprint density at radius 2 is 2.10 bits per heavy atom. The van der Waals surface area contributed by atoms with Crippen LogP contribution in [0, 0.1) is 18.3 Å². The lowest BCUT2D eigenvalue weighted by atomic mass is 10.1. The van der Waals surface area contributed by atoms with Gasteiger partial charge in [-0.15, -0.1) is 0 Å². The van der Waals surface area contributed by atoms with Gasteiger partial charge in [-0.05, 0) is 43.0 Å². The summed E-state index contributed by atoms with van der Waals surface area (Å²) in [4.78, 5) is 25.2. The molecule has 4 aromatic heterocycles. The Hall–Kier alpha value is -4.52. The number of amides is 2. The monoisotopic (exact) mass is 413 g/mol. The van der Waals surface area contributed by atoms with Crippen molar-refractivity contribution in [1.29, 1.82) is 5.26 Å². The van der Waals surface area contributed by atoms with E-state index in [0.717, 1.165) is 16.5 Å². The zero-order valence-corrected chi connectivity index (χ0v) is 16.9. The van der Waals surface area contributed by atoms with Gasteiger partial charge in [0, 0.05) is 29.5 Å². The van der Waals surface area contributed by atoms with Crippen LogP contribution in [0.3, 0.4) is 0 Å². The molecule has 2 amide bonds. The van der Waals surface area contributed by atoms with Gasteiger partial charge >= 0.3 is 6.03 Å². The molecule has 0 saturated heterocycles. The lowest BCUT2D eigenvalue weighted by Crippen LogP contribution is -2.19. The van der Waals surface area contributed by atoms with Gasteiger partial charge in [0.2, 0.25) is 0 Å². The number of anilines is 3. The van der Waals surface area contributed by atoms with Gasteiger partial charge in [0.25, 0.3) is 0 Å². The summed E-state index contributed by atoms with van der Waals surface area (Å²) in [5.41, 5.74) is 9.19. The van der Waals surface area contributed by atoms with Crippen molar-refractivity contribution >= 4 is 34.1 Å². The van der Waals surface area contributed by atoms with Crippen LogP contribution in [0.1, 0.15) is 18.5 Å². The topological polar surface area (TPSA) is 147 Å². The van der Waals surface area contributed by atoms with E-state index in [4.69, 9.17) is 11.0 Å². The maximum atomic E-state index is 12.4.